The molecule has 0 heterocycles. The molecule has 31 heavy (non-hydrogen) atoms. The molecule has 1 aliphatic carbocycles. The summed E-state index contributed by atoms with van der Waals surface area (Å²) in [6, 6.07) is 0. The molecule has 1 amide bonds. The third kappa shape index (κ3) is 15.3. The van der Waals surface area contributed by atoms with Crippen molar-refractivity contribution in [2.24, 2.45) is 0 Å². The van der Waals surface area contributed by atoms with E-state index in [0.29, 0.717) is 0 Å². The number of nitrogens with one attached hydrogen (secondary N) is 1. The van der Waals surface area contributed by atoms with Crippen LogP contribution in [-0.4, -0.2) is 48.7 Å². The summed E-state index contributed by atoms with van der Waals surface area (Å²) in [6.45, 7) is 4.90. The van der Waals surface area contributed by atoms with Crippen LogP contribution in [0.3, 0.4) is 0 Å². The number of likely N-dealkylation sites (N-methyl/N-ethyl adjacent to an activating group) is 1. The summed E-state index contributed by atoms with van der Waals surface area (Å²) in [5.74, 6) is 0.198. The van der Waals surface area contributed by atoms with E-state index in [-0.39, 0.29) is 12.0 Å². The van der Waals surface area contributed by atoms with E-state index in [9.17, 15) is 9.90 Å². The summed E-state index contributed by atoms with van der Waals surface area (Å²) in [6.07, 6.45) is 25.0. The molecule has 0 aromatic heterocycles. The van der Waals surface area contributed by atoms with E-state index < -0.39 is 0 Å². The fourth-order valence-corrected chi connectivity index (χ4v) is 4.14. The molecule has 180 valence electrons. The molecule has 1 unspecified atom stereocenters. The van der Waals surface area contributed by atoms with Crippen LogP contribution in [0.4, 0.5) is 0 Å². The van der Waals surface area contributed by atoms with Crippen molar-refractivity contribution in [2.75, 3.05) is 26.7 Å². The molecular formula is C27H50N2O2. The van der Waals surface area contributed by atoms with Gasteiger partial charge in [-0.2, -0.15) is 0 Å². The van der Waals surface area contributed by atoms with E-state index in [0.717, 1.165) is 57.3 Å². The lowest BCUT2D eigenvalue weighted by atomic mass is 10.0. The van der Waals surface area contributed by atoms with Gasteiger partial charge in [-0.1, -0.05) is 95.8 Å². The summed E-state index contributed by atoms with van der Waals surface area (Å²) in [5, 5.41) is 13.5. The van der Waals surface area contributed by atoms with Crippen LogP contribution >= 0.6 is 0 Å². The zero-order valence-corrected chi connectivity index (χ0v) is 20.5. The summed E-state index contributed by atoms with van der Waals surface area (Å²) < 4.78 is 0. The molecule has 4 nitrogen and oxygen atoms in total. The standard InChI is InChI=1S/C27H50N2O2/c1-3-4-5-6-11-17-22-28-24-26(30)21-16-10-8-7-9-12-18-23-29(2)27(31)25-19-14-13-15-20-25/h13-14,19,26,28,30H,3-12,15-18,20-24H2,1-2H3. The number of nitrogens with zero attached hydrogens (tertiary/aromatic N) is 1. The number of hydrogen-bond donors (Lipinski definition) is 2. The second-order valence-electron chi connectivity index (χ2n) is 9.27. The fraction of sp³-hybridized carbons (Fsp3) is 0.815. The van der Waals surface area contributed by atoms with Gasteiger partial charge in [0, 0.05) is 25.7 Å². The van der Waals surface area contributed by atoms with E-state index in [1.54, 1.807) is 0 Å². The fourth-order valence-electron chi connectivity index (χ4n) is 4.14. The topological polar surface area (TPSA) is 52.6 Å². The van der Waals surface area contributed by atoms with E-state index in [4.69, 9.17) is 0 Å². The van der Waals surface area contributed by atoms with Gasteiger partial charge in [-0.05, 0) is 38.6 Å². The average molecular weight is 435 g/mol. The molecule has 0 aromatic rings. The van der Waals surface area contributed by atoms with Crippen molar-refractivity contribution in [3.8, 4) is 0 Å². The first kappa shape index (κ1) is 27.9. The van der Waals surface area contributed by atoms with Crippen LogP contribution in [0.1, 0.15) is 110 Å². The number of unbranched alkanes of at least 4 members (excludes halogenated alkanes) is 11. The molecule has 0 saturated carbocycles. The predicted molar refractivity (Wildman–Crippen MR) is 133 cm³/mol. The van der Waals surface area contributed by atoms with Crippen LogP contribution in [0.25, 0.3) is 0 Å². The third-order valence-corrected chi connectivity index (χ3v) is 6.25. The molecule has 1 aliphatic rings. The van der Waals surface area contributed by atoms with Crippen LogP contribution in [0.2, 0.25) is 0 Å². The van der Waals surface area contributed by atoms with Gasteiger partial charge < -0.3 is 15.3 Å². The van der Waals surface area contributed by atoms with Gasteiger partial charge in [-0.15, -0.1) is 0 Å². The van der Waals surface area contributed by atoms with Crippen LogP contribution in [0.15, 0.2) is 23.8 Å². The minimum Gasteiger partial charge on any atom is -0.392 e. The Bertz CT molecular complexity index is 501. The molecule has 0 radical (unpaired) electrons. The van der Waals surface area contributed by atoms with Crippen LogP contribution in [0.5, 0.6) is 0 Å². The Morgan fingerprint density at radius 2 is 1.65 bits per heavy atom. The van der Waals surface area contributed by atoms with Crippen molar-refractivity contribution < 1.29 is 9.90 Å². The third-order valence-electron chi connectivity index (χ3n) is 6.25. The van der Waals surface area contributed by atoms with E-state index in [1.165, 1.54) is 70.6 Å². The Hall–Kier alpha value is -1.13. The quantitative estimate of drug-likeness (QED) is 0.226. The lowest BCUT2D eigenvalue weighted by Crippen LogP contribution is -2.29. The van der Waals surface area contributed by atoms with Gasteiger partial charge in [0.1, 0.15) is 0 Å². The average Bonchev–Trinajstić information content (AvgIpc) is 2.79. The number of aliphatic hydroxyl groups is 1. The predicted octanol–water partition coefficient (Wildman–Crippen LogP) is 6.15. The second kappa shape index (κ2) is 19.5. The van der Waals surface area contributed by atoms with Crippen LogP contribution in [0, 0.1) is 0 Å². The van der Waals surface area contributed by atoms with Crippen LogP contribution in [-0.2, 0) is 4.79 Å². The summed E-state index contributed by atoms with van der Waals surface area (Å²) in [5.41, 5.74) is 0.949. The Morgan fingerprint density at radius 3 is 2.32 bits per heavy atom. The normalized spacial score (nSPS) is 14.5. The van der Waals surface area contributed by atoms with Gasteiger partial charge in [-0.3, -0.25) is 4.79 Å². The molecule has 0 saturated heterocycles. The second-order valence-corrected chi connectivity index (χ2v) is 9.27. The molecule has 1 rings (SSSR count). The first-order valence-corrected chi connectivity index (χ1v) is 13.1. The van der Waals surface area contributed by atoms with Gasteiger partial charge in [0.15, 0.2) is 0 Å². The molecule has 0 aliphatic heterocycles. The molecule has 0 spiro atoms. The highest BCUT2D eigenvalue weighted by Crippen LogP contribution is 2.15. The zero-order valence-electron chi connectivity index (χ0n) is 20.5. The molecule has 0 fully saturated rings. The minimum atomic E-state index is -0.192. The van der Waals surface area contributed by atoms with Gasteiger partial charge >= 0.3 is 0 Å². The highest BCUT2D eigenvalue weighted by Gasteiger charge is 2.14. The maximum Gasteiger partial charge on any atom is 0.249 e. The van der Waals surface area contributed by atoms with Gasteiger partial charge in [0.2, 0.25) is 5.91 Å². The SMILES string of the molecule is CCCCCCCCNCC(O)CCCCCCCCCN(C)C(=O)C1=CC=CCC1. The Balaban J connectivity index is 1.85. The van der Waals surface area contributed by atoms with Crippen molar-refractivity contribution in [2.45, 2.75) is 116 Å². The first-order valence-electron chi connectivity index (χ1n) is 13.1. The molecule has 4 heteroatoms. The Labute approximate surface area is 192 Å². The molecule has 2 N–H and O–H groups in total. The smallest absolute Gasteiger partial charge is 0.249 e. The van der Waals surface area contributed by atoms with Gasteiger partial charge in [0.05, 0.1) is 6.10 Å². The first-order chi connectivity index (χ1) is 15.1. The number of rotatable bonds is 20. The molecule has 1 atom stereocenters. The Kier molecular flexibility index (Phi) is 17.6. The van der Waals surface area contributed by atoms with E-state index in [1.807, 2.05) is 24.1 Å². The van der Waals surface area contributed by atoms with Crippen molar-refractivity contribution in [1.29, 1.82) is 0 Å². The summed E-state index contributed by atoms with van der Waals surface area (Å²) >= 11 is 0. The molecule has 0 bridgehead atoms. The molecule has 0 aromatic carbocycles. The maximum atomic E-state index is 12.3. The number of hydrogen-bond acceptors (Lipinski definition) is 3. The number of carbonyl (C=O) groups is 1. The van der Waals surface area contributed by atoms with Gasteiger partial charge in [-0.25, -0.2) is 0 Å². The van der Waals surface area contributed by atoms with E-state index in [2.05, 4.69) is 18.3 Å². The van der Waals surface area contributed by atoms with Gasteiger partial charge in [0.25, 0.3) is 0 Å². The summed E-state index contributed by atoms with van der Waals surface area (Å²) in [4.78, 5) is 14.2. The van der Waals surface area contributed by atoms with Crippen molar-refractivity contribution in [3.63, 3.8) is 0 Å². The monoisotopic (exact) mass is 434 g/mol. The highest BCUT2D eigenvalue weighted by atomic mass is 16.3. The maximum absolute atomic E-state index is 12.3. The number of carbonyl (C=O) groups excluding carboxylic acids is 1. The van der Waals surface area contributed by atoms with Crippen molar-refractivity contribution in [1.82, 2.24) is 10.2 Å². The highest BCUT2D eigenvalue weighted by molar-refractivity contribution is 5.93. The van der Waals surface area contributed by atoms with Crippen molar-refractivity contribution in [3.05, 3.63) is 23.8 Å². The lowest BCUT2D eigenvalue weighted by molar-refractivity contribution is -0.126. The lowest BCUT2D eigenvalue weighted by Gasteiger charge is -2.19. The number of allylic oxidation sites excluding steroid dienone is 3. The number of aliphatic hydroxyl groups excluding tert-OH is 1. The van der Waals surface area contributed by atoms with Crippen molar-refractivity contribution >= 4 is 5.91 Å². The van der Waals surface area contributed by atoms with E-state index >= 15 is 0 Å². The largest absolute Gasteiger partial charge is 0.392 e. The Morgan fingerprint density at radius 1 is 1.00 bits per heavy atom. The summed E-state index contributed by atoms with van der Waals surface area (Å²) in [7, 11) is 1.93. The zero-order chi connectivity index (χ0) is 22.6. The number of amides is 1. The van der Waals surface area contributed by atoms with Crippen LogP contribution < -0.4 is 5.32 Å². The molecular weight excluding hydrogens is 384 g/mol. The minimum absolute atomic E-state index is 0.192.